The second-order valence-corrected chi connectivity index (χ2v) is 7.49. The largest absolute Gasteiger partial charge is 0.483 e. The minimum Gasteiger partial charge on any atom is -0.483 e. The Kier molecular flexibility index (Phi) is 6.16. The van der Waals surface area contributed by atoms with Crippen molar-refractivity contribution in [2.24, 2.45) is 5.92 Å². The molecule has 0 aromatic carbocycles. The van der Waals surface area contributed by atoms with Crippen LogP contribution in [0.2, 0.25) is 0 Å². The lowest BCUT2D eigenvalue weighted by Crippen LogP contribution is -2.70. The van der Waals surface area contributed by atoms with Gasteiger partial charge in [0, 0.05) is 24.8 Å². The van der Waals surface area contributed by atoms with E-state index in [0.717, 1.165) is 49.6 Å². The third-order valence-electron chi connectivity index (χ3n) is 6.12. The topological polar surface area (TPSA) is 96.7 Å². The van der Waals surface area contributed by atoms with Crippen molar-refractivity contribution in [2.75, 3.05) is 19.7 Å². The molecule has 27 heavy (non-hydrogen) atoms. The van der Waals surface area contributed by atoms with Gasteiger partial charge in [0.05, 0.1) is 29.4 Å². The summed E-state index contributed by atoms with van der Waals surface area (Å²) in [7, 11) is 0. The fraction of sp³-hybridized carbons (Fsp3) is 0.737. The SMILES string of the molecule is CCn1nc(C)c(C(=O)N[C@H]2[C@H]3CCO[C@H]3[C@@H]2N2CCCC2)c1C.O=CO. The van der Waals surface area contributed by atoms with Crippen LogP contribution in [-0.2, 0) is 16.1 Å². The normalized spacial score (nSPS) is 29.4. The molecule has 1 saturated carbocycles. The molecule has 1 aromatic heterocycles. The van der Waals surface area contributed by atoms with Crippen molar-refractivity contribution in [2.45, 2.75) is 64.8 Å². The van der Waals surface area contributed by atoms with E-state index in [1.54, 1.807) is 0 Å². The summed E-state index contributed by atoms with van der Waals surface area (Å²) in [6.07, 6.45) is 3.90. The van der Waals surface area contributed by atoms with Gasteiger partial charge in [0.15, 0.2) is 0 Å². The van der Waals surface area contributed by atoms with Gasteiger partial charge in [-0.3, -0.25) is 19.2 Å². The molecule has 8 heteroatoms. The van der Waals surface area contributed by atoms with Crippen LogP contribution in [0.15, 0.2) is 0 Å². The molecule has 2 saturated heterocycles. The fourth-order valence-corrected chi connectivity index (χ4v) is 4.90. The number of ether oxygens (including phenoxy) is 1. The first-order chi connectivity index (χ1) is 13.0. The van der Waals surface area contributed by atoms with Gasteiger partial charge in [0.25, 0.3) is 12.4 Å². The zero-order valence-electron chi connectivity index (χ0n) is 16.4. The lowest BCUT2D eigenvalue weighted by molar-refractivity contribution is -0.122. The molecule has 0 bridgehead atoms. The second-order valence-electron chi connectivity index (χ2n) is 7.49. The summed E-state index contributed by atoms with van der Waals surface area (Å²) in [4.78, 5) is 23.8. The third-order valence-corrected chi connectivity index (χ3v) is 6.12. The van der Waals surface area contributed by atoms with Crippen molar-refractivity contribution in [1.29, 1.82) is 0 Å². The van der Waals surface area contributed by atoms with E-state index >= 15 is 0 Å². The molecule has 3 aliphatic rings. The maximum absolute atomic E-state index is 12.9. The molecule has 3 fully saturated rings. The van der Waals surface area contributed by atoms with Gasteiger partial charge in [0.1, 0.15) is 0 Å². The van der Waals surface area contributed by atoms with Gasteiger partial charge in [-0.05, 0) is 53.1 Å². The summed E-state index contributed by atoms with van der Waals surface area (Å²) in [5.41, 5.74) is 2.53. The number of amides is 1. The van der Waals surface area contributed by atoms with Gasteiger partial charge in [-0.1, -0.05) is 0 Å². The Hall–Kier alpha value is -1.93. The Morgan fingerprint density at radius 2 is 2.04 bits per heavy atom. The highest BCUT2D eigenvalue weighted by atomic mass is 16.5. The van der Waals surface area contributed by atoms with Crippen molar-refractivity contribution < 1.29 is 19.4 Å². The molecule has 150 valence electrons. The maximum Gasteiger partial charge on any atom is 0.290 e. The number of nitrogens with one attached hydrogen (secondary N) is 1. The van der Waals surface area contributed by atoms with Crippen LogP contribution >= 0.6 is 0 Å². The van der Waals surface area contributed by atoms with E-state index in [-0.39, 0.29) is 18.4 Å². The smallest absolute Gasteiger partial charge is 0.290 e. The molecule has 0 unspecified atom stereocenters. The summed E-state index contributed by atoms with van der Waals surface area (Å²) >= 11 is 0. The Bertz CT molecular complexity index is 679. The van der Waals surface area contributed by atoms with E-state index in [9.17, 15) is 4.79 Å². The molecule has 4 atom stereocenters. The van der Waals surface area contributed by atoms with Crippen molar-refractivity contribution in [3.8, 4) is 0 Å². The standard InChI is InChI=1S/C18H28N4O2.CH2O2/c1-4-22-12(3)14(11(2)20-22)18(23)19-15-13-7-10-24-17(13)16(15)21-8-5-6-9-21;2-1-3/h13,15-17H,4-10H2,1-3H3,(H,19,23);1H,(H,2,3)/t13-,15+,16-,17-;/m1./s1. The van der Waals surface area contributed by atoms with Crippen LogP contribution < -0.4 is 5.32 Å². The average Bonchev–Trinajstić information content (AvgIpc) is 3.34. The molecule has 8 nitrogen and oxygen atoms in total. The summed E-state index contributed by atoms with van der Waals surface area (Å²) in [6.45, 7) is 9.60. The zero-order valence-corrected chi connectivity index (χ0v) is 16.4. The van der Waals surface area contributed by atoms with Crippen molar-refractivity contribution in [1.82, 2.24) is 20.0 Å². The van der Waals surface area contributed by atoms with Crippen molar-refractivity contribution in [3.05, 3.63) is 17.0 Å². The van der Waals surface area contributed by atoms with Crippen LogP contribution in [0.1, 0.15) is 47.9 Å². The highest BCUT2D eigenvalue weighted by Gasteiger charge is 2.56. The Labute approximate surface area is 159 Å². The number of likely N-dealkylation sites (tertiary alicyclic amines) is 1. The van der Waals surface area contributed by atoms with Gasteiger partial charge in [-0.25, -0.2) is 0 Å². The van der Waals surface area contributed by atoms with E-state index in [1.165, 1.54) is 12.8 Å². The van der Waals surface area contributed by atoms with Crippen LogP contribution in [0.4, 0.5) is 0 Å². The highest BCUT2D eigenvalue weighted by molar-refractivity contribution is 5.96. The number of nitrogens with zero attached hydrogens (tertiary/aromatic N) is 3. The van der Waals surface area contributed by atoms with E-state index < -0.39 is 0 Å². The molecule has 0 radical (unpaired) electrons. The van der Waals surface area contributed by atoms with E-state index in [4.69, 9.17) is 14.6 Å². The summed E-state index contributed by atoms with van der Waals surface area (Å²) in [5.74, 6) is 0.505. The number of aryl methyl sites for hydroxylation is 2. The first-order valence-electron chi connectivity index (χ1n) is 9.81. The second kappa shape index (κ2) is 8.39. The predicted octanol–water partition coefficient (Wildman–Crippen LogP) is 1.20. The highest BCUT2D eigenvalue weighted by Crippen LogP contribution is 2.43. The summed E-state index contributed by atoms with van der Waals surface area (Å²) in [6, 6.07) is 0.567. The fourth-order valence-electron chi connectivity index (χ4n) is 4.90. The number of carbonyl (C=O) groups is 2. The molecule has 4 rings (SSSR count). The number of fused-ring (bicyclic) bond motifs is 1. The van der Waals surface area contributed by atoms with Crippen LogP contribution in [0, 0.1) is 19.8 Å². The van der Waals surface area contributed by atoms with Gasteiger partial charge in [-0.15, -0.1) is 0 Å². The minimum absolute atomic E-state index is 0.0317. The van der Waals surface area contributed by atoms with Crippen LogP contribution in [0.3, 0.4) is 0 Å². The van der Waals surface area contributed by atoms with E-state index in [2.05, 4.69) is 22.2 Å². The number of rotatable bonds is 4. The third kappa shape index (κ3) is 3.60. The van der Waals surface area contributed by atoms with Gasteiger partial charge in [0.2, 0.25) is 0 Å². The monoisotopic (exact) mass is 378 g/mol. The molecule has 2 N–H and O–H groups in total. The first-order valence-corrected chi connectivity index (χ1v) is 9.81. The Morgan fingerprint density at radius 1 is 1.37 bits per heavy atom. The predicted molar refractivity (Wildman–Crippen MR) is 99.8 cm³/mol. The molecule has 1 aliphatic carbocycles. The molecule has 0 spiro atoms. The maximum atomic E-state index is 12.9. The van der Waals surface area contributed by atoms with Crippen LogP contribution in [0.5, 0.6) is 0 Å². The number of hydrogen-bond acceptors (Lipinski definition) is 5. The zero-order chi connectivity index (χ0) is 19.6. The summed E-state index contributed by atoms with van der Waals surface area (Å²) < 4.78 is 7.86. The molecule has 2 aliphatic heterocycles. The lowest BCUT2D eigenvalue weighted by Gasteiger charge is -2.51. The van der Waals surface area contributed by atoms with E-state index in [1.807, 2.05) is 18.5 Å². The van der Waals surface area contributed by atoms with Crippen molar-refractivity contribution in [3.63, 3.8) is 0 Å². The Balaban J connectivity index is 0.000000659. The van der Waals surface area contributed by atoms with Gasteiger partial charge >= 0.3 is 0 Å². The lowest BCUT2D eigenvalue weighted by atomic mass is 9.70. The number of aromatic nitrogens is 2. The first kappa shape index (κ1) is 19.8. The quantitative estimate of drug-likeness (QED) is 0.765. The van der Waals surface area contributed by atoms with Crippen LogP contribution in [0.25, 0.3) is 0 Å². The van der Waals surface area contributed by atoms with Crippen LogP contribution in [-0.4, -0.2) is 70.1 Å². The van der Waals surface area contributed by atoms with E-state index in [0.29, 0.717) is 18.1 Å². The number of hydrogen-bond donors (Lipinski definition) is 2. The molecular formula is C19H30N4O4. The number of carbonyl (C=O) groups excluding carboxylic acids is 1. The molecule has 1 aromatic rings. The summed E-state index contributed by atoms with van der Waals surface area (Å²) in [5, 5.41) is 14.7. The Morgan fingerprint density at radius 3 is 2.63 bits per heavy atom. The van der Waals surface area contributed by atoms with Crippen molar-refractivity contribution >= 4 is 12.4 Å². The molecule has 3 heterocycles. The molecular weight excluding hydrogens is 348 g/mol. The average molecular weight is 378 g/mol. The van der Waals surface area contributed by atoms with Gasteiger partial charge in [-0.2, -0.15) is 5.10 Å². The minimum atomic E-state index is -0.250. The van der Waals surface area contributed by atoms with Gasteiger partial charge < -0.3 is 15.2 Å². The molecule has 1 amide bonds. The number of carboxylic acid groups (broad SMARTS) is 1.